The van der Waals surface area contributed by atoms with E-state index in [-0.39, 0.29) is 0 Å². The fourth-order valence-electron chi connectivity index (χ4n) is 4.69. The van der Waals surface area contributed by atoms with Crippen LogP contribution in [-0.2, 0) is 0 Å². The molecular weight excluding hydrogens is 484 g/mol. The van der Waals surface area contributed by atoms with E-state index in [2.05, 4.69) is 31.2 Å². The first kappa shape index (κ1) is 25.2. The Bertz CT molecular complexity index is 1420. The first-order chi connectivity index (χ1) is 18.5. The maximum Gasteiger partial charge on any atom is 0.229 e. The lowest BCUT2D eigenvalue weighted by Gasteiger charge is -2.37. The fraction of sp³-hybridized carbons (Fsp3) is 0.321. The third-order valence-corrected chi connectivity index (χ3v) is 6.62. The van der Waals surface area contributed by atoms with Gasteiger partial charge in [-0.1, -0.05) is 0 Å². The van der Waals surface area contributed by atoms with Gasteiger partial charge in [-0.25, -0.2) is 4.98 Å². The number of fused-ring (bicyclic) bond motifs is 1. The van der Waals surface area contributed by atoms with Crippen LogP contribution < -0.4 is 34.1 Å². The van der Waals surface area contributed by atoms with Crippen LogP contribution in [0.15, 0.2) is 48.7 Å². The van der Waals surface area contributed by atoms with Crippen molar-refractivity contribution in [3.05, 3.63) is 54.4 Å². The van der Waals surface area contributed by atoms with Crippen molar-refractivity contribution in [2.75, 3.05) is 69.7 Å². The van der Waals surface area contributed by atoms with Gasteiger partial charge in [-0.2, -0.15) is 4.98 Å². The van der Waals surface area contributed by atoms with Gasteiger partial charge >= 0.3 is 0 Å². The summed E-state index contributed by atoms with van der Waals surface area (Å²) in [6.07, 6.45) is 1.84. The molecule has 2 aromatic carbocycles. The summed E-state index contributed by atoms with van der Waals surface area (Å²) < 4.78 is 21.8. The van der Waals surface area contributed by atoms with Gasteiger partial charge in [0.05, 0.1) is 34.0 Å². The minimum absolute atomic E-state index is 0.527. The molecule has 10 nitrogen and oxygen atoms in total. The molecule has 0 unspecified atom stereocenters. The Morgan fingerprint density at radius 1 is 0.737 bits per heavy atom. The molecular formula is C28H32N6O4. The summed E-state index contributed by atoms with van der Waals surface area (Å²) >= 11 is 0. The van der Waals surface area contributed by atoms with Gasteiger partial charge in [0.15, 0.2) is 11.5 Å². The fourth-order valence-corrected chi connectivity index (χ4v) is 4.69. The Morgan fingerprint density at radius 3 is 2.05 bits per heavy atom. The number of aryl methyl sites for hydroxylation is 1. The van der Waals surface area contributed by atoms with Crippen LogP contribution in [0.5, 0.6) is 23.0 Å². The monoisotopic (exact) mass is 516 g/mol. The lowest BCUT2D eigenvalue weighted by Crippen LogP contribution is -2.47. The Hall–Kier alpha value is -4.47. The van der Waals surface area contributed by atoms with Crippen molar-refractivity contribution in [1.82, 2.24) is 15.0 Å². The highest BCUT2D eigenvalue weighted by atomic mass is 16.5. The molecule has 1 fully saturated rings. The molecule has 5 rings (SSSR count). The molecule has 10 heteroatoms. The number of hydrogen-bond donors (Lipinski definition) is 1. The highest BCUT2D eigenvalue weighted by Crippen LogP contribution is 2.36. The predicted octanol–water partition coefficient (Wildman–Crippen LogP) is 4.44. The van der Waals surface area contributed by atoms with Crippen molar-refractivity contribution in [1.29, 1.82) is 0 Å². The summed E-state index contributed by atoms with van der Waals surface area (Å²) in [4.78, 5) is 18.6. The standard InChI is InChI=1S/C28H32N6O4/c1-18-12-27(32-28(30-18)31-19-13-20(35-2)15-21(14-19)36-3)34-10-8-33(9-11-34)24-6-7-29-23-17-26(38-5)25(37-4)16-22(23)24/h6-7,12-17H,8-11H2,1-5H3,(H,30,31,32). The van der Waals surface area contributed by atoms with E-state index in [1.54, 1.807) is 28.4 Å². The zero-order chi connectivity index (χ0) is 26.6. The molecule has 1 aliphatic rings. The maximum absolute atomic E-state index is 5.54. The number of methoxy groups -OCH3 is 4. The van der Waals surface area contributed by atoms with Crippen LogP contribution in [0.3, 0.4) is 0 Å². The minimum Gasteiger partial charge on any atom is -0.497 e. The smallest absolute Gasteiger partial charge is 0.229 e. The zero-order valence-electron chi connectivity index (χ0n) is 22.3. The number of hydrogen-bond acceptors (Lipinski definition) is 10. The van der Waals surface area contributed by atoms with Gasteiger partial charge in [-0.05, 0) is 19.1 Å². The van der Waals surface area contributed by atoms with E-state index < -0.39 is 0 Å². The topological polar surface area (TPSA) is 94.1 Å². The number of pyridine rings is 1. The molecule has 38 heavy (non-hydrogen) atoms. The largest absolute Gasteiger partial charge is 0.497 e. The quantitative estimate of drug-likeness (QED) is 0.362. The molecule has 0 spiro atoms. The summed E-state index contributed by atoms with van der Waals surface area (Å²) in [5, 5.41) is 4.34. The molecule has 1 aliphatic heterocycles. The molecule has 2 aromatic heterocycles. The number of piperazine rings is 1. The second-order valence-corrected chi connectivity index (χ2v) is 8.95. The van der Waals surface area contributed by atoms with Gasteiger partial charge in [0, 0.05) is 85.2 Å². The average Bonchev–Trinajstić information content (AvgIpc) is 2.95. The van der Waals surface area contributed by atoms with Crippen molar-refractivity contribution >= 4 is 34.0 Å². The SMILES string of the molecule is COc1cc(Nc2nc(C)cc(N3CCN(c4ccnc5cc(OC)c(OC)cc45)CC3)n2)cc(OC)c1. The Labute approximate surface area is 222 Å². The highest BCUT2D eigenvalue weighted by Gasteiger charge is 2.22. The molecule has 1 N–H and O–H groups in total. The lowest BCUT2D eigenvalue weighted by molar-refractivity contribution is 0.356. The van der Waals surface area contributed by atoms with Crippen molar-refractivity contribution in [3.63, 3.8) is 0 Å². The van der Waals surface area contributed by atoms with Gasteiger partial charge in [-0.3, -0.25) is 4.98 Å². The molecule has 0 aliphatic carbocycles. The summed E-state index contributed by atoms with van der Waals surface area (Å²) in [5.74, 6) is 4.16. The normalized spacial score (nSPS) is 13.4. The molecule has 3 heterocycles. The molecule has 0 saturated carbocycles. The van der Waals surface area contributed by atoms with Gasteiger partial charge in [0.25, 0.3) is 0 Å². The Morgan fingerprint density at radius 2 is 1.39 bits per heavy atom. The van der Waals surface area contributed by atoms with Gasteiger partial charge in [0.1, 0.15) is 17.3 Å². The number of nitrogens with one attached hydrogen (secondary N) is 1. The van der Waals surface area contributed by atoms with Crippen molar-refractivity contribution < 1.29 is 18.9 Å². The van der Waals surface area contributed by atoms with Crippen LogP contribution in [0.4, 0.5) is 23.1 Å². The lowest BCUT2D eigenvalue weighted by atomic mass is 10.1. The first-order valence-electron chi connectivity index (χ1n) is 12.4. The molecule has 0 bridgehead atoms. The minimum atomic E-state index is 0.527. The molecule has 4 aromatic rings. The zero-order valence-corrected chi connectivity index (χ0v) is 22.3. The van der Waals surface area contributed by atoms with Crippen LogP contribution in [0.1, 0.15) is 5.69 Å². The van der Waals surface area contributed by atoms with Gasteiger partial charge in [0.2, 0.25) is 5.95 Å². The van der Waals surface area contributed by atoms with Gasteiger partial charge < -0.3 is 34.1 Å². The summed E-state index contributed by atoms with van der Waals surface area (Å²) in [6, 6.07) is 13.6. The highest BCUT2D eigenvalue weighted by molar-refractivity contribution is 5.94. The van der Waals surface area contributed by atoms with E-state index in [0.29, 0.717) is 28.9 Å². The van der Waals surface area contributed by atoms with E-state index in [0.717, 1.165) is 60.0 Å². The van der Waals surface area contributed by atoms with Crippen LogP contribution in [0.2, 0.25) is 0 Å². The number of aromatic nitrogens is 3. The Balaban J connectivity index is 1.34. The first-order valence-corrected chi connectivity index (χ1v) is 12.4. The van der Waals surface area contributed by atoms with Crippen molar-refractivity contribution in [2.24, 2.45) is 0 Å². The average molecular weight is 517 g/mol. The number of anilines is 4. The van der Waals surface area contributed by atoms with Crippen molar-refractivity contribution in [2.45, 2.75) is 6.92 Å². The van der Waals surface area contributed by atoms with Crippen LogP contribution in [-0.4, -0.2) is 69.6 Å². The Kier molecular flexibility index (Phi) is 7.21. The molecule has 0 amide bonds. The molecule has 198 valence electrons. The van der Waals surface area contributed by atoms with Crippen LogP contribution >= 0.6 is 0 Å². The van der Waals surface area contributed by atoms with Gasteiger partial charge in [-0.15, -0.1) is 0 Å². The van der Waals surface area contributed by atoms with E-state index in [1.165, 1.54) is 0 Å². The van der Waals surface area contributed by atoms with Crippen molar-refractivity contribution in [3.8, 4) is 23.0 Å². The van der Waals surface area contributed by atoms with E-state index in [4.69, 9.17) is 23.9 Å². The van der Waals surface area contributed by atoms with Crippen LogP contribution in [0.25, 0.3) is 10.9 Å². The second-order valence-electron chi connectivity index (χ2n) is 8.95. The maximum atomic E-state index is 5.54. The number of benzene rings is 2. The number of rotatable bonds is 8. The predicted molar refractivity (Wildman–Crippen MR) is 149 cm³/mol. The molecule has 1 saturated heterocycles. The summed E-state index contributed by atoms with van der Waals surface area (Å²) in [6.45, 7) is 5.29. The van der Waals surface area contributed by atoms with Crippen LogP contribution in [0, 0.1) is 6.92 Å². The van der Waals surface area contributed by atoms with E-state index in [1.807, 2.05) is 49.5 Å². The summed E-state index contributed by atoms with van der Waals surface area (Å²) in [5.41, 5.74) is 3.68. The number of nitrogens with zero attached hydrogens (tertiary/aromatic N) is 5. The molecule has 0 atom stereocenters. The third kappa shape index (κ3) is 5.15. The third-order valence-electron chi connectivity index (χ3n) is 6.62. The summed E-state index contributed by atoms with van der Waals surface area (Å²) in [7, 11) is 6.54. The number of ether oxygens (including phenoxy) is 4. The second kappa shape index (κ2) is 10.9. The van der Waals surface area contributed by atoms with E-state index >= 15 is 0 Å². The molecule has 0 radical (unpaired) electrons. The van der Waals surface area contributed by atoms with E-state index in [9.17, 15) is 0 Å².